The topological polar surface area (TPSA) is 105 Å². The number of hydrogen-bond donors (Lipinski definition) is 1. The average molecular weight is 1600 g/mol. The molecule has 1 N–H and O–H groups in total. The maximum atomic E-state index is 15.6. The predicted molar refractivity (Wildman–Crippen MR) is 470 cm³/mol. The summed E-state index contributed by atoms with van der Waals surface area (Å²) in [5.41, 5.74) is 20.2. The first-order valence-electron chi connectivity index (χ1n) is 36.8. The highest BCUT2D eigenvalue weighted by atomic mass is 79.9. The third-order valence-corrected chi connectivity index (χ3v) is 28.6. The van der Waals surface area contributed by atoms with E-state index in [1.54, 1.807) is 0 Å². The quantitative estimate of drug-likeness (QED) is 0.127. The van der Waals surface area contributed by atoms with Crippen LogP contribution in [0.4, 0.5) is 45.5 Å². The zero-order valence-electron chi connectivity index (χ0n) is 61.7. The van der Waals surface area contributed by atoms with Gasteiger partial charge in [-0.2, -0.15) is 0 Å². The molecule has 4 heterocycles. The lowest BCUT2D eigenvalue weighted by atomic mass is 9.93. The van der Waals surface area contributed by atoms with Gasteiger partial charge in [0, 0.05) is 122 Å². The summed E-state index contributed by atoms with van der Waals surface area (Å²) in [7, 11) is -4.31. The molecule has 0 amide bonds. The third kappa shape index (κ3) is 12.0. The van der Waals surface area contributed by atoms with Gasteiger partial charge in [0.15, 0.2) is 22.7 Å². The summed E-state index contributed by atoms with van der Waals surface area (Å²) >= 11 is 7.25. The molecule has 532 valence electrons. The minimum atomic E-state index is -1.57. The molecule has 20 rings (SSSR count). The molecule has 0 aliphatic heterocycles. The van der Waals surface area contributed by atoms with Gasteiger partial charge in [-0.05, 0) is 153 Å². The maximum Gasteiger partial charge on any atom is 0.194 e. The number of nitrogens with one attached hydrogen (secondary N) is 1. The first-order chi connectivity index (χ1) is 52.6. The van der Waals surface area contributed by atoms with Crippen molar-refractivity contribution in [1.29, 1.82) is 0 Å². The molecule has 2 aliphatic carbocycles. The molecule has 0 unspecified atom stereocenters. The largest absolute Gasteiger partial charge is 0.455 e. The van der Waals surface area contributed by atoms with E-state index in [2.05, 4.69) is 276 Å². The van der Waals surface area contributed by atoms with Crippen LogP contribution in [0, 0.1) is 0 Å². The van der Waals surface area contributed by atoms with Crippen molar-refractivity contribution >= 4 is 216 Å². The number of carbonyl (C=O) groups is 2. The molecule has 0 saturated carbocycles. The van der Waals surface area contributed by atoms with E-state index in [9.17, 15) is 4.79 Å². The normalized spacial score (nSPS) is 12.6. The number of furan rings is 4. The first kappa shape index (κ1) is 69.4. The smallest absolute Gasteiger partial charge is 0.194 e. The minimum absolute atomic E-state index is 0.0146. The second-order valence-electron chi connectivity index (χ2n) is 31.3. The molecule has 2 aliphatic rings. The third-order valence-electron chi connectivity index (χ3n) is 21.2. The van der Waals surface area contributed by atoms with Crippen molar-refractivity contribution in [2.45, 2.75) is 58.9 Å². The van der Waals surface area contributed by atoms with Gasteiger partial charge in [-0.1, -0.05) is 238 Å². The fourth-order valence-electron chi connectivity index (χ4n) is 15.8. The molecule has 0 atom stereocenters. The van der Waals surface area contributed by atoms with E-state index >= 15 is 4.79 Å². The van der Waals surface area contributed by atoms with Gasteiger partial charge in [0.2, 0.25) is 0 Å². The maximum absolute atomic E-state index is 15.6. The zero-order chi connectivity index (χ0) is 74.9. The Bertz CT molecular complexity index is 6340. The molecule has 9 nitrogen and oxygen atoms in total. The standard InChI is InChI=1S/C55H46N2O3Si2.C25H10Br2O3.C15H19NSi/c1-61(2,3)39-29-25-37(26-30-39)56(35-17-9-7-10-18-35)45-33-43-49(51-41-21-13-15-23-47(41)59-54(45)51)50-44(53(43)58)34-46(55-52(50)42-22-14-16-24-48(42)60-55)57(36-19-11-8-12-20-36)38-27-31-40(32-28-38)62(4,5)6;26-15-9-13-19(21-11-5-1-3-7-17(11)29-24(15)21)20-14(23(13)28)10-16(27)25-22(20)12-6-2-4-8-18(12)30-25;1-17(2,3)15-11-9-14(10-12-15)16-13-7-5-4-6-8-13/h7-34H,1-6H3;1-10H;4-12,16H,1-3H3. The van der Waals surface area contributed by atoms with Crippen LogP contribution in [0.15, 0.2) is 312 Å². The number of ketones is 2. The molecule has 0 saturated heterocycles. The number of hydrogen-bond acceptors (Lipinski definition) is 9. The molecule has 18 aromatic rings. The number of nitrogens with zero attached hydrogens (tertiary/aromatic N) is 2. The highest BCUT2D eigenvalue weighted by molar-refractivity contribution is 9.11. The van der Waals surface area contributed by atoms with Crippen LogP contribution < -0.4 is 30.7 Å². The Morgan fingerprint density at radius 2 is 0.541 bits per heavy atom. The fraction of sp³-hybridized carbons (Fsp3) is 0.0947. The van der Waals surface area contributed by atoms with Crippen LogP contribution in [-0.2, 0) is 0 Å². The van der Waals surface area contributed by atoms with Crippen LogP contribution in [0.25, 0.3) is 110 Å². The lowest BCUT2D eigenvalue weighted by molar-refractivity contribution is 0.103. The highest BCUT2D eigenvalue weighted by Crippen LogP contribution is 2.57. The molecular weight excluding hydrogens is 1520 g/mol. The highest BCUT2D eigenvalue weighted by Gasteiger charge is 2.40. The number of benzene rings is 14. The summed E-state index contributed by atoms with van der Waals surface area (Å²) in [5.74, 6) is -0.0122. The number of para-hydroxylation sites is 7. The minimum Gasteiger partial charge on any atom is -0.455 e. The molecule has 0 fully saturated rings. The van der Waals surface area contributed by atoms with Crippen molar-refractivity contribution < 1.29 is 27.3 Å². The summed E-state index contributed by atoms with van der Waals surface area (Å²) in [4.78, 5) is 33.6. The van der Waals surface area contributed by atoms with Crippen molar-refractivity contribution in [2.75, 3.05) is 15.1 Å². The lowest BCUT2D eigenvalue weighted by Crippen LogP contribution is -2.37. The molecule has 0 bridgehead atoms. The van der Waals surface area contributed by atoms with E-state index in [1.807, 2.05) is 115 Å². The molecule has 14 heteroatoms. The van der Waals surface area contributed by atoms with Crippen molar-refractivity contribution in [2.24, 2.45) is 0 Å². The Morgan fingerprint density at radius 3 is 0.872 bits per heavy atom. The Hall–Kier alpha value is -11.4. The van der Waals surface area contributed by atoms with Crippen LogP contribution in [0.1, 0.15) is 31.8 Å². The summed E-state index contributed by atoms with van der Waals surface area (Å²) in [5, 5.41) is 15.3. The Labute approximate surface area is 651 Å². The second-order valence-corrected chi connectivity index (χ2v) is 48.3. The summed E-state index contributed by atoms with van der Waals surface area (Å²) in [6.07, 6.45) is 0. The molecule has 0 radical (unpaired) electrons. The zero-order valence-corrected chi connectivity index (χ0v) is 67.9. The van der Waals surface area contributed by atoms with Gasteiger partial charge in [0.05, 0.1) is 44.5 Å². The monoisotopic (exact) mass is 1600 g/mol. The predicted octanol–water partition coefficient (Wildman–Crippen LogP) is 26.9. The molecule has 0 spiro atoms. The van der Waals surface area contributed by atoms with Gasteiger partial charge in [0.1, 0.15) is 33.5 Å². The summed E-state index contributed by atoms with van der Waals surface area (Å²) in [6, 6.07) is 97.9. The number of carbonyl (C=O) groups excluding carboxylic acids is 2. The first-order valence-corrected chi connectivity index (χ1v) is 48.9. The average Bonchev–Trinajstić information content (AvgIpc) is 1.54. The van der Waals surface area contributed by atoms with Gasteiger partial charge in [-0.25, -0.2) is 0 Å². The van der Waals surface area contributed by atoms with Crippen LogP contribution in [0.5, 0.6) is 0 Å². The van der Waals surface area contributed by atoms with Gasteiger partial charge >= 0.3 is 0 Å². The van der Waals surface area contributed by atoms with E-state index < -0.39 is 24.2 Å². The number of fused-ring (bicyclic) bond motifs is 22. The Morgan fingerprint density at radius 1 is 0.284 bits per heavy atom. The van der Waals surface area contributed by atoms with Crippen LogP contribution in [0.2, 0.25) is 58.9 Å². The number of anilines is 8. The van der Waals surface area contributed by atoms with E-state index in [1.165, 1.54) is 15.6 Å². The van der Waals surface area contributed by atoms with Gasteiger partial charge < -0.3 is 32.8 Å². The lowest BCUT2D eigenvalue weighted by Gasteiger charge is -2.27. The fourth-order valence-corrected chi connectivity index (χ4v) is 20.4. The van der Waals surface area contributed by atoms with E-state index in [0.717, 1.165) is 164 Å². The number of halogens is 2. The van der Waals surface area contributed by atoms with Crippen LogP contribution in [0.3, 0.4) is 0 Å². The van der Waals surface area contributed by atoms with Gasteiger partial charge in [0.25, 0.3) is 0 Å². The molecule has 14 aromatic carbocycles. The second kappa shape index (κ2) is 26.8. The Balaban J connectivity index is 0.000000145. The molecule has 4 aromatic heterocycles. The van der Waals surface area contributed by atoms with Crippen molar-refractivity contribution in [3.63, 3.8) is 0 Å². The van der Waals surface area contributed by atoms with E-state index in [-0.39, 0.29) is 11.6 Å². The van der Waals surface area contributed by atoms with Gasteiger partial charge in [-0.3, -0.25) is 9.59 Å². The number of rotatable bonds is 11. The molecular formula is C95H75Br2N3O6Si3. The SMILES string of the molecule is C[Si](C)(C)c1ccc(N(c2ccccc2)c2cc3c(c4c2oc2ccccc24)-c2c(cc(N(c4ccccc4)c4ccc([Si](C)(C)C)cc4)c4oc5ccccc5c24)C3=O)cc1.C[Si](C)(C)c1ccc(Nc2ccccc2)cc1.O=C1c2cc(Br)c3oc4ccccc4c3c2-c2c1cc(Br)c1oc3ccccc3c21. The Kier molecular flexibility index (Phi) is 17.0. The van der Waals surface area contributed by atoms with Crippen LogP contribution in [-0.4, -0.2) is 35.8 Å². The summed E-state index contributed by atoms with van der Waals surface area (Å²) < 4.78 is 27.9. The molecule has 109 heavy (non-hydrogen) atoms. The van der Waals surface area contributed by atoms with Crippen molar-refractivity contribution in [1.82, 2.24) is 0 Å². The van der Waals surface area contributed by atoms with Crippen LogP contribution >= 0.6 is 31.9 Å². The summed E-state index contributed by atoms with van der Waals surface area (Å²) in [6.45, 7) is 21.3. The van der Waals surface area contributed by atoms with Crippen molar-refractivity contribution in [3.05, 3.63) is 316 Å². The van der Waals surface area contributed by atoms with Gasteiger partial charge in [-0.15, -0.1) is 0 Å². The van der Waals surface area contributed by atoms with E-state index in [4.69, 9.17) is 17.7 Å². The van der Waals surface area contributed by atoms with Crippen molar-refractivity contribution in [3.8, 4) is 22.3 Å². The van der Waals surface area contributed by atoms with E-state index in [0.29, 0.717) is 22.3 Å².